The van der Waals surface area contributed by atoms with Crippen LogP contribution in [0.25, 0.3) is 0 Å². The van der Waals surface area contributed by atoms with Gasteiger partial charge in [0.05, 0.1) is 0 Å². The lowest BCUT2D eigenvalue weighted by atomic mass is 10.1. The minimum Gasteiger partial charge on any atom is -0.396 e. The minimum atomic E-state index is -0.828. The van der Waals surface area contributed by atoms with E-state index in [2.05, 4.69) is 16.0 Å². The van der Waals surface area contributed by atoms with E-state index in [1.807, 2.05) is 13.8 Å². The van der Waals surface area contributed by atoms with Gasteiger partial charge in [0.15, 0.2) is 5.03 Å². The number of guanidine groups is 1. The summed E-state index contributed by atoms with van der Waals surface area (Å²) in [7, 11) is 0. The number of hydrogen-bond acceptors (Lipinski definition) is 6. The van der Waals surface area contributed by atoms with Crippen molar-refractivity contribution in [3.63, 3.8) is 0 Å². The number of unbranched alkanes of at least 4 members (excludes halogenated alkanes) is 6. The quantitative estimate of drug-likeness (QED) is 0.0566. The number of hydrazine groups is 1. The summed E-state index contributed by atoms with van der Waals surface area (Å²) in [6.45, 7) is 6.25. The fraction of sp³-hybridized carbons (Fsp3) is 0.810. The van der Waals surface area contributed by atoms with Crippen molar-refractivity contribution in [2.24, 2.45) is 5.92 Å². The molecule has 0 bridgehead atoms. The maximum absolute atomic E-state index is 12.5. The van der Waals surface area contributed by atoms with Gasteiger partial charge in [-0.2, -0.15) is 0 Å². The fourth-order valence-corrected chi connectivity index (χ4v) is 2.96. The average molecular weight is 458 g/mol. The topological polar surface area (TPSA) is 169 Å². The Hall–Kier alpha value is -2.43. The van der Waals surface area contributed by atoms with E-state index in [9.17, 15) is 19.7 Å². The molecular weight excluding hydrogens is 416 g/mol. The normalized spacial score (nSPS) is 11.6. The first-order valence-corrected chi connectivity index (χ1v) is 11.5. The van der Waals surface area contributed by atoms with E-state index in [0.29, 0.717) is 25.2 Å². The van der Waals surface area contributed by atoms with Gasteiger partial charge in [0, 0.05) is 26.1 Å². The lowest BCUT2D eigenvalue weighted by molar-refractivity contribution is -0.525. The first kappa shape index (κ1) is 29.6. The molecule has 0 spiro atoms. The SMILES string of the molecule is CC(C)C[CH]NC(=O)[C@H](CCCNC(=N)N[N+](=O)[O-])NC(=O)CCCCCCCCCO. The van der Waals surface area contributed by atoms with Crippen molar-refractivity contribution in [3.8, 4) is 0 Å². The Balaban J connectivity index is 4.35. The molecule has 11 heteroatoms. The molecule has 11 nitrogen and oxygen atoms in total. The van der Waals surface area contributed by atoms with Crippen molar-refractivity contribution in [2.45, 2.75) is 90.5 Å². The molecule has 0 aromatic rings. The van der Waals surface area contributed by atoms with E-state index in [1.165, 1.54) is 0 Å². The van der Waals surface area contributed by atoms with E-state index in [0.717, 1.165) is 51.4 Å². The molecule has 0 aliphatic carbocycles. The van der Waals surface area contributed by atoms with Crippen molar-refractivity contribution in [1.82, 2.24) is 21.4 Å². The molecule has 1 atom stereocenters. The van der Waals surface area contributed by atoms with E-state index in [4.69, 9.17) is 10.5 Å². The largest absolute Gasteiger partial charge is 0.396 e. The van der Waals surface area contributed by atoms with Gasteiger partial charge in [0.25, 0.3) is 5.96 Å². The maximum atomic E-state index is 12.5. The molecule has 32 heavy (non-hydrogen) atoms. The molecule has 2 amide bonds. The van der Waals surface area contributed by atoms with Crippen LogP contribution in [-0.4, -0.2) is 47.1 Å². The zero-order valence-corrected chi connectivity index (χ0v) is 19.5. The molecule has 1 radical (unpaired) electrons. The molecule has 0 aromatic heterocycles. The average Bonchev–Trinajstić information content (AvgIpc) is 2.71. The predicted molar refractivity (Wildman–Crippen MR) is 123 cm³/mol. The molecular formula is C21H41N6O5. The molecule has 0 rings (SSSR count). The van der Waals surface area contributed by atoms with Crippen molar-refractivity contribution >= 4 is 17.8 Å². The van der Waals surface area contributed by atoms with Gasteiger partial charge in [-0.15, -0.1) is 0 Å². The van der Waals surface area contributed by atoms with E-state index >= 15 is 0 Å². The maximum Gasteiger partial charge on any atom is 0.251 e. The molecule has 6 N–H and O–H groups in total. The molecule has 0 aliphatic heterocycles. The lowest BCUT2D eigenvalue weighted by Gasteiger charge is -2.19. The van der Waals surface area contributed by atoms with Crippen LogP contribution in [0.5, 0.6) is 0 Å². The molecule has 0 heterocycles. The highest BCUT2D eigenvalue weighted by molar-refractivity contribution is 5.87. The van der Waals surface area contributed by atoms with E-state index in [-0.39, 0.29) is 25.0 Å². The number of rotatable bonds is 19. The second-order valence-electron chi connectivity index (χ2n) is 8.22. The predicted octanol–water partition coefficient (Wildman–Crippen LogP) is 1.99. The summed E-state index contributed by atoms with van der Waals surface area (Å²) in [4.78, 5) is 35.1. The number of nitrogens with one attached hydrogen (secondary N) is 5. The van der Waals surface area contributed by atoms with E-state index < -0.39 is 17.0 Å². The summed E-state index contributed by atoms with van der Waals surface area (Å²) in [6.07, 6.45) is 8.64. The van der Waals surface area contributed by atoms with Crippen molar-refractivity contribution < 1.29 is 19.7 Å². The van der Waals surface area contributed by atoms with Crippen molar-refractivity contribution in [3.05, 3.63) is 16.7 Å². The standard InChI is InChI=1S/C21H41N6O5/c1-17(2)13-15-23-20(30)18(11-10-14-24-21(22)26-27(31)32)25-19(29)12-8-6-4-3-5-7-9-16-28/h15,17-18,28H,3-14,16H2,1-2H3,(H,23,30)(H,25,29)(H3,22,24,26)/t18-/m0/s1. The Bertz CT molecular complexity index is 559. The van der Waals surface area contributed by atoms with Gasteiger partial charge in [-0.3, -0.25) is 15.0 Å². The first-order chi connectivity index (χ1) is 15.3. The highest BCUT2D eigenvalue weighted by Gasteiger charge is 2.20. The van der Waals surface area contributed by atoms with Crippen LogP contribution >= 0.6 is 0 Å². The van der Waals surface area contributed by atoms with Crippen LogP contribution in [0, 0.1) is 28.0 Å². The highest BCUT2D eigenvalue weighted by Crippen LogP contribution is 2.09. The highest BCUT2D eigenvalue weighted by atomic mass is 16.7. The van der Waals surface area contributed by atoms with Gasteiger partial charge in [-0.1, -0.05) is 51.4 Å². The van der Waals surface area contributed by atoms with Crippen LogP contribution < -0.4 is 21.4 Å². The number of carbonyl (C=O) groups excluding carboxylic acids is 2. The van der Waals surface area contributed by atoms with Crippen LogP contribution in [0.4, 0.5) is 0 Å². The van der Waals surface area contributed by atoms with Crippen molar-refractivity contribution in [2.75, 3.05) is 13.2 Å². The first-order valence-electron chi connectivity index (χ1n) is 11.5. The summed E-state index contributed by atoms with van der Waals surface area (Å²) in [5.74, 6) is -0.496. The number of carbonyl (C=O) groups is 2. The fourth-order valence-electron chi connectivity index (χ4n) is 2.96. The van der Waals surface area contributed by atoms with Crippen LogP contribution in [-0.2, 0) is 9.59 Å². The van der Waals surface area contributed by atoms with Gasteiger partial charge in [-0.25, -0.2) is 10.1 Å². The van der Waals surface area contributed by atoms with Gasteiger partial charge >= 0.3 is 0 Å². The Morgan fingerprint density at radius 3 is 2.28 bits per heavy atom. The monoisotopic (exact) mass is 457 g/mol. The number of aliphatic hydroxyl groups is 1. The smallest absolute Gasteiger partial charge is 0.251 e. The molecule has 185 valence electrons. The number of amides is 2. The second-order valence-corrected chi connectivity index (χ2v) is 8.22. The zero-order chi connectivity index (χ0) is 24.2. The van der Waals surface area contributed by atoms with Gasteiger partial charge in [0.2, 0.25) is 11.8 Å². The summed E-state index contributed by atoms with van der Waals surface area (Å²) < 4.78 is 0. The van der Waals surface area contributed by atoms with Gasteiger partial charge in [-0.05, 0) is 38.0 Å². The lowest BCUT2D eigenvalue weighted by Crippen LogP contribution is -2.46. The third kappa shape index (κ3) is 18.3. The van der Waals surface area contributed by atoms with Crippen LogP contribution in [0.3, 0.4) is 0 Å². The summed E-state index contributed by atoms with van der Waals surface area (Å²) in [6, 6.07) is -0.705. The number of nitro groups is 1. The second kappa shape index (κ2) is 19.3. The summed E-state index contributed by atoms with van der Waals surface area (Å²) >= 11 is 0. The number of hydrogen-bond donors (Lipinski definition) is 6. The zero-order valence-electron chi connectivity index (χ0n) is 19.5. The van der Waals surface area contributed by atoms with Crippen molar-refractivity contribution in [1.29, 1.82) is 5.41 Å². The summed E-state index contributed by atoms with van der Waals surface area (Å²) in [5, 5.41) is 33.7. The third-order valence-electron chi connectivity index (χ3n) is 4.72. The van der Waals surface area contributed by atoms with Crippen LogP contribution in [0.1, 0.15) is 84.5 Å². The Morgan fingerprint density at radius 2 is 1.69 bits per heavy atom. The van der Waals surface area contributed by atoms with Gasteiger partial charge in [0.1, 0.15) is 6.04 Å². The van der Waals surface area contributed by atoms with Gasteiger partial charge < -0.3 is 21.1 Å². The van der Waals surface area contributed by atoms with Crippen LogP contribution in [0.15, 0.2) is 0 Å². The third-order valence-corrected chi connectivity index (χ3v) is 4.72. The molecule has 0 unspecified atom stereocenters. The molecule has 0 saturated heterocycles. The number of aliphatic hydroxyl groups excluding tert-OH is 1. The Kier molecular flexibility index (Phi) is 17.8. The molecule has 0 fully saturated rings. The molecule has 0 aromatic carbocycles. The number of nitrogens with zero attached hydrogens (tertiary/aromatic N) is 1. The van der Waals surface area contributed by atoms with E-state index in [1.54, 1.807) is 12.0 Å². The minimum absolute atomic E-state index is 0.176. The Labute approximate surface area is 191 Å². The Morgan fingerprint density at radius 1 is 1.06 bits per heavy atom. The van der Waals surface area contributed by atoms with Crippen LogP contribution in [0.2, 0.25) is 0 Å². The summed E-state index contributed by atoms with van der Waals surface area (Å²) in [5.41, 5.74) is 1.70. The molecule has 0 saturated carbocycles. The molecule has 0 aliphatic rings.